The number of para-hydroxylation sites is 4. The maximum atomic E-state index is 9.31. The fourth-order valence-electron chi connectivity index (χ4n) is 21.3. The molecule has 0 fully saturated rings. The van der Waals surface area contributed by atoms with Gasteiger partial charge < -0.3 is 18.3 Å². The van der Waals surface area contributed by atoms with Crippen molar-refractivity contribution < 1.29 is 0 Å². The smallest absolute Gasteiger partial charge is 0.141 e. The van der Waals surface area contributed by atoms with Gasteiger partial charge in [0, 0.05) is 120 Å². The Morgan fingerprint density at radius 1 is 0.169 bits per heavy atom. The van der Waals surface area contributed by atoms with Crippen molar-refractivity contribution in [2.45, 2.75) is 0 Å². The number of nitriles is 4. The average molecular weight is 1890 g/mol. The van der Waals surface area contributed by atoms with Crippen molar-refractivity contribution in [1.82, 2.24) is 43.2 Å². The standard InChI is InChI=1S/3C34H21N3.C33H20N4/c35-20-23-17-28(22-36-21-23)26-9-6-8-25(18-26)27-14-15-32-31(19-27)34-30-12-5-4-7-24(30)13-16-33(34)37(32)29-10-2-1-3-11-29;35-22-23-17-18-36-31(19-23)27-9-6-8-25(20-27)26-14-15-32-30(21-26)34-29-12-5-4-7-24(29)13-16-33(34)37(32)28-10-2-1-3-11-28;35-22-28-20-27(17-18-36-28)25-9-6-8-24(19-25)26-14-15-32-31(21-26)34-30-12-5-4-7-23(30)13-16-33(34)37(32)29-10-2-1-3-11-29;34-20-22-16-17-35-30(18-22)29-13-10-25(21-36-29)24-12-14-31-28(19-24)33-27-9-5-4-6-23(27)11-15-32(33)37(31)26-7-2-1-3-8-26/h1-19,21-22H;2*1-21H;1-19,21H. The molecule has 13 nitrogen and oxygen atoms in total. The van der Waals surface area contributed by atoms with Crippen molar-refractivity contribution in [2.24, 2.45) is 0 Å². The highest BCUT2D eigenvalue weighted by Crippen LogP contribution is 2.46. The minimum atomic E-state index is 0.421. The zero-order chi connectivity index (χ0) is 99.1. The van der Waals surface area contributed by atoms with Gasteiger partial charge in [-0.3, -0.25) is 19.9 Å². The van der Waals surface area contributed by atoms with E-state index in [0.29, 0.717) is 28.1 Å². The molecule has 28 aromatic rings. The van der Waals surface area contributed by atoms with Crippen LogP contribution in [0.5, 0.6) is 0 Å². The summed E-state index contributed by atoms with van der Waals surface area (Å²) in [5.74, 6) is 0. The monoisotopic (exact) mass is 1890 g/mol. The van der Waals surface area contributed by atoms with E-state index in [1.54, 1.807) is 43.0 Å². The molecule has 0 saturated heterocycles. The summed E-state index contributed by atoms with van der Waals surface area (Å²) in [6.07, 6.45) is 10.3. The summed E-state index contributed by atoms with van der Waals surface area (Å²) in [6, 6.07) is 172. The van der Waals surface area contributed by atoms with Crippen molar-refractivity contribution in [3.05, 3.63) is 527 Å². The van der Waals surface area contributed by atoms with Crippen LogP contribution in [0.4, 0.5) is 0 Å². The molecular formula is C135H83N13. The maximum absolute atomic E-state index is 9.31. The highest BCUT2D eigenvalue weighted by Gasteiger charge is 2.24. The van der Waals surface area contributed by atoms with Crippen LogP contribution in [0.25, 0.3) is 242 Å². The van der Waals surface area contributed by atoms with Gasteiger partial charge in [0.25, 0.3) is 0 Å². The van der Waals surface area contributed by atoms with E-state index < -0.39 is 0 Å². The summed E-state index contributed by atoms with van der Waals surface area (Å²) in [5, 5.41) is 57.0. The van der Waals surface area contributed by atoms with Crippen LogP contribution in [-0.4, -0.2) is 43.2 Å². The molecule has 0 amide bonds. The molecule has 0 bridgehead atoms. The van der Waals surface area contributed by atoms with Crippen LogP contribution >= 0.6 is 0 Å². The first-order valence-corrected chi connectivity index (χ1v) is 49.0. The molecule has 0 unspecified atom stereocenters. The molecule has 19 aromatic carbocycles. The molecule has 9 aromatic heterocycles. The molecule has 9 heterocycles. The summed E-state index contributed by atoms with van der Waals surface area (Å²) < 4.78 is 9.42. The second-order valence-corrected chi connectivity index (χ2v) is 36.7. The van der Waals surface area contributed by atoms with Gasteiger partial charge in [-0.05, 0) is 287 Å². The van der Waals surface area contributed by atoms with E-state index in [0.717, 1.165) is 106 Å². The lowest BCUT2D eigenvalue weighted by Crippen LogP contribution is -1.93. The van der Waals surface area contributed by atoms with E-state index in [4.69, 9.17) is 0 Å². The van der Waals surface area contributed by atoms with Crippen LogP contribution in [-0.2, 0) is 0 Å². The molecule has 13 heteroatoms. The van der Waals surface area contributed by atoms with Crippen LogP contribution in [0.1, 0.15) is 22.4 Å². The SMILES string of the molecule is N#Cc1cc(-c2cccc(-c3ccc4c(c3)c3c5ccccc5ccc3n4-c3ccccc3)c2)ccn1.N#Cc1ccnc(-c2ccc(-c3ccc4c(c3)c3c5ccccc5ccc3n4-c3ccccc3)cn2)c1.N#Cc1ccnc(-c2cccc(-c3ccc4c(c3)c3c5ccccc5ccc3n4-c3ccccc3)c2)c1.N#Cc1cncc(-c2cccc(-c3ccc4c(c3)c3c5ccccc5ccc3n4-c3ccccc3)c2)c1. The minimum absolute atomic E-state index is 0.421. The Morgan fingerprint density at radius 3 is 0.851 bits per heavy atom. The highest BCUT2D eigenvalue weighted by molar-refractivity contribution is 6.26. The summed E-state index contributed by atoms with van der Waals surface area (Å²) >= 11 is 0. The van der Waals surface area contributed by atoms with Crippen molar-refractivity contribution in [1.29, 1.82) is 21.0 Å². The van der Waals surface area contributed by atoms with Gasteiger partial charge in [-0.2, -0.15) is 21.0 Å². The predicted molar refractivity (Wildman–Crippen MR) is 604 cm³/mol. The number of hydrogen-bond acceptors (Lipinski definition) is 9. The van der Waals surface area contributed by atoms with Gasteiger partial charge in [0.1, 0.15) is 17.8 Å². The molecule has 0 aliphatic heterocycles. The Labute approximate surface area is 851 Å². The van der Waals surface area contributed by atoms with E-state index in [9.17, 15) is 21.0 Å². The highest BCUT2D eigenvalue weighted by atomic mass is 15.0. The molecule has 0 aliphatic carbocycles. The number of pyridine rings is 5. The van der Waals surface area contributed by atoms with Crippen LogP contribution in [0, 0.1) is 45.3 Å². The Balaban J connectivity index is 0.000000103. The van der Waals surface area contributed by atoms with Gasteiger partial charge >= 0.3 is 0 Å². The molecule has 0 radical (unpaired) electrons. The van der Waals surface area contributed by atoms with Crippen molar-refractivity contribution >= 4 is 130 Å². The number of hydrogen-bond donors (Lipinski definition) is 0. The first-order valence-electron chi connectivity index (χ1n) is 49.0. The van der Waals surface area contributed by atoms with E-state index in [2.05, 4.69) is 474 Å². The summed E-state index contributed by atoms with van der Waals surface area (Å²) in [5.41, 5.74) is 32.5. The third kappa shape index (κ3) is 16.4. The number of aromatic nitrogens is 9. The third-order valence-electron chi connectivity index (χ3n) is 28.1. The van der Waals surface area contributed by atoms with Crippen LogP contribution in [0.3, 0.4) is 0 Å². The molecule has 0 aliphatic rings. The van der Waals surface area contributed by atoms with Gasteiger partial charge in [0.2, 0.25) is 0 Å². The maximum Gasteiger partial charge on any atom is 0.141 e. The number of fused-ring (bicyclic) bond motifs is 20. The fourth-order valence-corrected chi connectivity index (χ4v) is 21.3. The minimum Gasteiger partial charge on any atom is -0.309 e. The summed E-state index contributed by atoms with van der Waals surface area (Å²) in [6.45, 7) is 0. The lowest BCUT2D eigenvalue weighted by molar-refractivity contribution is 1.18. The van der Waals surface area contributed by atoms with Crippen LogP contribution < -0.4 is 0 Å². The van der Waals surface area contributed by atoms with Gasteiger partial charge in [0.15, 0.2) is 0 Å². The molecule has 28 rings (SSSR count). The number of rotatable bonds is 12. The first-order chi connectivity index (χ1) is 73.2. The molecule has 0 saturated carbocycles. The zero-order valence-electron chi connectivity index (χ0n) is 79.7. The van der Waals surface area contributed by atoms with E-state index in [1.165, 1.54) is 130 Å². The summed E-state index contributed by atoms with van der Waals surface area (Å²) in [7, 11) is 0. The van der Waals surface area contributed by atoms with Crippen LogP contribution in [0.2, 0.25) is 0 Å². The number of nitrogens with zero attached hydrogens (tertiary/aromatic N) is 13. The van der Waals surface area contributed by atoms with Crippen molar-refractivity contribution in [3.8, 4) is 136 Å². The van der Waals surface area contributed by atoms with Crippen molar-refractivity contribution in [2.75, 3.05) is 0 Å². The molecule has 148 heavy (non-hydrogen) atoms. The summed E-state index contributed by atoms with van der Waals surface area (Å²) in [4.78, 5) is 21.9. The van der Waals surface area contributed by atoms with Crippen LogP contribution in [0.15, 0.2) is 504 Å². The predicted octanol–water partition coefficient (Wildman–Crippen LogP) is 33.5. The lowest BCUT2D eigenvalue weighted by Gasteiger charge is -2.09. The topological polar surface area (TPSA) is 179 Å². The molecule has 0 spiro atoms. The van der Waals surface area contributed by atoms with Crippen molar-refractivity contribution in [3.63, 3.8) is 0 Å². The Morgan fingerprint density at radius 2 is 0.480 bits per heavy atom. The van der Waals surface area contributed by atoms with E-state index >= 15 is 0 Å². The Hall–Kier alpha value is -20.9. The quantitative estimate of drug-likeness (QED) is 0.115. The fraction of sp³-hybridized carbons (Fsp3) is 0. The van der Waals surface area contributed by atoms with Gasteiger partial charge in [0.05, 0.1) is 90.0 Å². The molecular weight excluding hydrogens is 1800 g/mol. The normalized spacial score (nSPS) is 11.2. The second kappa shape index (κ2) is 38.3. The lowest BCUT2D eigenvalue weighted by atomic mass is 9.97. The Bertz CT molecular complexity index is 9610. The van der Waals surface area contributed by atoms with Gasteiger partial charge in [-0.1, -0.05) is 279 Å². The zero-order valence-corrected chi connectivity index (χ0v) is 79.7. The van der Waals surface area contributed by atoms with E-state index in [1.807, 2.05) is 54.9 Å². The van der Waals surface area contributed by atoms with E-state index in [-0.39, 0.29) is 0 Å². The van der Waals surface area contributed by atoms with Gasteiger partial charge in [-0.25, -0.2) is 4.98 Å². The molecule has 0 atom stereocenters. The number of benzene rings is 19. The van der Waals surface area contributed by atoms with Gasteiger partial charge in [-0.15, -0.1) is 0 Å². The third-order valence-corrected chi connectivity index (χ3v) is 28.1. The molecule has 688 valence electrons. The molecule has 0 N–H and O–H groups in total. The second-order valence-electron chi connectivity index (χ2n) is 36.7. The average Bonchev–Trinajstić information content (AvgIpc) is 1.58. The Kier molecular flexibility index (Phi) is 22.9. The first kappa shape index (κ1) is 88.5. The largest absolute Gasteiger partial charge is 0.309 e.